The number of hydrogen-bond donors (Lipinski definition) is 2. The topological polar surface area (TPSA) is 61.4 Å². The van der Waals surface area contributed by atoms with Crippen LogP contribution in [0.1, 0.15) is 27.9 Å². The lowest BCUT2D eigenvalue weighted by Crippen LogP contribution is -2.30. The Morgan fingerprint density at radius 2 is 1.54 bits per heavy atom. The van der Waals surface area contributed by atoms with E-state index in [2.05, 4.69) is 27.7 Å². The highest BCUT2D eigenvalue weighted by molar-refractivity contribution is 6.30. The van der Waals surface area contributed by atoms with Crippen molar-refractivity contribution in [2.75, 3.05) is 20.6 Å². The fourth-order valence-electron chi connectivity index (χ4n) is 2.41. The molecule has 26 heavy (non-hydrogen) atoms. The lowest BCUT2D eigenvalue weighted by Gasteiger charge is -2.10. The van der Waals surface area contributed by atoms with Crippen LogP contribution in [0, 0.1) is 0 Å². The van der Waals surface area contributed by atoms with E-state index < -0.39 is 0 Å². The van der Waals surface area contributed by atoms with E-state index in [1.807, 2.05) is 26.2 Å². The molecule has 0 aliphatic rings. The zero-order valence-corrected chi connectivity index (χ0v) is 15.8. The van der Waals surface area contributed by atoms with Crippen molar-refractivity contribution in [1.82, 2.24) is 15.5 Å². The van der Waals surface area contributed by atoms with E-state index in [1.54, 1.807) is 24.3 Å². The van der Waals surface area contributed by atoms with Crippen LogP contribution in [0.15, 0.2) is 48.5 Å². The average molecular weight is 374 g/mol. The van der Waals surface area contributed by atoms with Gasteiger partial charge in [0.1, 0.15) is 0 Å². The Balaban J connectivity index is 1.68. The Kier molecular flexibility index (Phi) is 7.63. The molecule has 0 radical (unpaired) electrons. The summed E-state index contributed by atoms with van der Waals surface area (Å²) in [4.78, 5) is 25.9. The molecule has 5 nitrogen and oxygen atoms in total. The molecule has 0 atom stereocenters. The average Bonchev–Trinajstić information content (AvgIpc) is 2.61. The first-order valence-electron chi connectivity index (χ1n) is 8.47. The molecule has 2 N–H and O–H groups in total. The number of amides is 2. The van der Waals surface area contributed by atoms with Crippen molar-refractivity contribution in [3.8, 4) is 0 Å². The maximum Gasteiger partial charge on any atom is 0.251 e. The van der Waals surface area contributed by atoms with Crippen LogP contribution < -0.4 is 10.6 Å². The molecule has 0 aliphatic carbocycles. The maximum atomic E-state index is 11.9. The highest BCUT2D eigenvalue weighted by atomic mass is 35.5. The fourth-order valence-corrected chi connectivity index (χ4v) is 2.54. The molecule has 0 fully saturated rings. The standard InChI is InChI=1S/C20H24ClN3O2/c1-24(2)14-16-5-3-15(4-6-16)13-23-19(25)11-12-22-20(26)17-7-9-18(21)10-8-17/h3-10H,11-14H2,1-2H3,(H,22,26)(H,23,25). The molecule has 2 aromatic carbocycles. The van der Waals surface area contributed by atoms with Crippen molar-refractivity contribution in [3.63, 3.8) is 0 Å². The van der Waals surface area contributed by atoms with Crippen LogP contribution in [0.25, 0.3) is 0 Å². The summed E-state index contributed by atoms with van der Waals surface area (Å²) in [5, 5.41) is 6.17. The second-order valence-electron chi connectivity index (χ2n) is 6.34. The number of rotatable bonds is 8. The summed E-state index contributed by atoms with van der Waals surface area (Å²) >= 11 is 5.79. The fraction of sp³-hybridized carbons (Fsp3) is 0.300. The van der Waals surface area contributed by atoms with E-state index in [4.69, 9.17) is 11.6 Å². The van der Waals surface area contributed by atoms with Gasteiger partial charge in [-0.15, -0.1) is 0 Å². The number of hydrogen-bond acceptors (Lipinski definition) is 3. The molecule has 2 rings (SSSR count). The monoisotopic (exact) mass is 373 g/mol. The molecular formula is C20H24ClN3O2. The molecule has 0 heterocycles. The third-order valence-corrected chi connectivity index (χ3v) is 4.01. The summed E-state index contributed by atoms with van der Waals surface area (Å²) in [6.45, 7) is 1.65. The van der Waals surface area contributed by atoms with Gasteiger partial charge in [0.2, 0.25) is 5.91 Å². The van der Waals surface area contributed by atoms with Gasteiger partial charge < -0.3 is 15.5 Å². The number of carbonyl (C=O) groups is 2. The highest BCUT2D eigenvalue weighted by Gasteiger charge is 2.07. The molecular weight excluding hydrogens is 350 g/mol. The zero-order valence-electron chi connectivity index (χ0n) is 15.1. The highest BCUT2D eigenvalue weighted by Crippen LogP contribution is 2.09. The van der Waals surface area contributed by atoms with E-state index in [9.17, 15) is 9.59 Å². The molecule has 0 saturated heterocycles. The minimum absolute atomic E-state index is 0.0984. The molecule has 6 heteroatoms. The maximum absolute atomic E-state index is 11.9. The summed E-state index contributed by atoms with van der Waals surface area (Å²) in [5.41, 5.74) is 2.80. The van der Waals surface area contributed by atoms with Gasteiger partial charge in [-0.3, -0.25) is 9.59 Å². The SMILES string of the molecule is CN(C)Cc1ccc(CNC(=O)CCNC(=O)c2ccc(Cl)cc2)cc1. The van der Waals surface area contributed by atoms with Crippen molar-refractivity contribution >= 4 is 23.4 Å². The lowest BCUT2D eigenvalue weighted by molar-refractivity contribution is -0.121. The Morgan fingerprint density at radius 1 is 0.923 bits per heavy atom. The Morgan fingerprint density at radius 3 is 2.15 bits per heavy atom. The van der Waals surface area contributed by atoms with E-state index in [0.717, 1.165) is 12.1 Å². The van der Waals surface area contributed by atoms with E-state index in [1.165, 1.54) is 5.56 Å². The van der Waals surface area contributed by atoms with Crippen molar-refractivity contribution in [2.24, 2.45) is 0 Å². The van der Waals surface area contributed by atoms with Gasteiger partial charge >= 0.3 is 0 Å². The molecule has 0 saturated carbocycles. The van der Waals surface area contributed by atoms with Crippen LogP contribution >= 0.6 is 11.6 Å². The summed E-state index contributed by atoms with van der Waals surface area (Å²) in [7, 11) is 4.06. The minimum atomic E-state index is -0.217. The second kappa shape index (κ2) is 9.94. The number of halogens is 1. The van der Waals surface area contributed by atoms with Gasteiger partial charge in [0.05, 0.1) is 0 Å². The molecule has 0 bridgehead atoms. The van der Waals surface area contributed by atoms with E-state index in [-0.39, 0.29) is 24.8 Å². The van der Waals surface area contributed by atoms with Gasteiger partial charge in [-0.05, 0) is 49.5 Å². The largest absolute Gasteiger partial charge is 0.352 e. The predicted molar refractivity (Wildman–Crippen MR) is 104 cm³/mol. The number of benzene rings is 2. The molecule has 138 valence electrons. The van der Waals surface area contributed by atoms with Crippen LogP contribution in [0.3, 0.4) is 0 Å². The number of nitrogens with zero attached hydrogens (tertiary/aromatic N) is 1. The Labute approximate surface area is 159 Å². The molecule has 0 unspecified atom stereocenters. The smallest absolute Gasteiger partial charge is 0.251 e. The molecule has 0 spiro atoms. The third kappa shape index (κ3) is 6.86. The Hall–Kier alpha value is -2.37. The molecule has 2 amide bonds. The minimum Gasteiger partial charge on any atom is -0.352 e. The van der Waals surface area contributed by atoms with Crippen LogP contribution in [0.4, 0.5) is 0 Å². The van der Waals surface area contributed by atoms with Crippen molar-refractivity contribution in [3.05, 3.63) is 70.2 Å². The lowest BCUT2D eigenvalue weighted by atomic mass is 10.1. The Bertz CT molecular complexity index is 728. The zero-order chi connectivity index (χ0) is 18.9. The van der Waals surface area contributed by atoms with Gasteiger partial charge in [-0.2, -0.15) is 0 Å². The second-order valence-corrected chi connectivity index (χ2v) is 6.78. The number of carbonyl (C=O) groups excluding carboxylic acids is 2. The predicted octanol–water partition coefficient (Wildman–Crippen LogP) is 2.84. The van der Waals surface area contributed by atoms with Gasteiger partial charge in [0.25, 0.3) is 5.91 Å². The van der Waals surface area contributed by atoms with Crippen molar-refractivity contribution in [2.45, 2.75) is 19.5 Å². The van der Waals surface area contributed by atoms with Crippen molar-refractivity contribution in [1.29, 1.82) is 0 Å². The summed E-state index contributed by atoms with van der Waals surface area (Å²) in [6, 6.07) is 14.8. The van der Waals surface area contributed by atoms with Crippen LogP contribution in [-0.2, 0) is 17.9 Å². The third-order valence-electron chi connectivity index (χ3n) is 3.76. The molecule has 0 aromatic heterocycles. The van der Waals surface area contributed by atoms with Gasteiger partial charge in [0.15, 0.2) is 0 Å². The van der Waals surface area contributed by atoms with Crippen LogP contribution in [0.2, 0.25) is 5.02 Å². The molecule has 2 aromatic rings. The first-order chi connectivity index (χ1) is 12.4. The van der Waals surface area contributed by atoms with Crippen LogP contribution in [0.5, 0.6) is 0 Å². The van der Waals surface area contributed by atoms with Gasteiger partial charge in [-0.1, -0.05) is 35.9 Å². The van der Waals surface area contributed by atoms with Gasteiger partial charge in [0, 0.05) is 36.6 Å². The summed E-state index contributed by atoms with van der Waals surface area (Å²) in [5.74, 6) is -0.315. The van der Waals surface area contributed by atoms with Crippen molar-refractivity contribution < 1.29 is 9.59 Å². The van der Waals surface area contributed by atoms with Gasteiger partial charge in [-0.25, -0.2) is 0 Å². The van der Waals surface area contributed by atoms with E-state index in [0.29, 0.717) is 17.1 Å². The first kappa shape index (κ1) is 19.9. The summed E-state index contributed by atoms with van der Waals surface area (Å²) < 4.78 is 0. The first-order valence-corrected chi connectivity index (χ1v) is 8.85. The molecule has 0 aliphatic heterocycles. The summed E-state index contributed by atoms with van der Waals surface area (Å²) in [6.07, 6.45) is 0.234. The number of nitrogens with one attached hydrogen (secondary N) is 2. The van der Waals surface area contributed by atoms with E-state index >= 15 is 0 Å². The van der Waals surface area contributed by atoms with Crippen LogP contribution in [-0.4, -0.2) is 37.4 Å². The normalized spacial score (nSPS) is 10.6. The quantitative estimate of drug-likeness (QED) is 0.748.